The largest absolute Gasteiger partial charge is 0.494 e. The van der Waals surface area contributed by atoms with Crippen LogP contribution in [-0.2, 0) is 9.53 Å². The lowest BCUT2D eigenvalue weighted by molar-refractivity contribution is -0.111. The van der Waals surface area contributed by atoms with Crippen molar-refractivity contribution >= 4 is 34.3 Å². The topological polar surface area (TPSA) is 83.1 Å². The number of anilines is 1. The molecule has 1 aromatic heterocycles. The lowest BCUT2D eigenvalue weighted by Crippen LogP contribution is -2.11. The zero-order valence-electron chi connectivity index (χ0n) is 22.8. The van der Waals surface area contributed by atoms with Crippen LogP contribution in [0.2, 0.25) is 0 Å². The number of hydrogen-bond donors (Lipinski definition) is 1. The van der Waals surface area contributed by atoms with Crippen LogP contribution in [0.25, 0.3) is 17.2 Å². The van der Waals surface area contributed by atoms with Crippen LogP contribution in [0.1, 0.15) is 48.0 Å². The molecule has 3 rings (SSSR count). The molecule has 0 bridgehead atoms. The monoisotopic (exact) mass is 537 g/mol. The molecule has 1 amide bonds. The van der Waals surface area contributed by atoms with Gasteiger partial charge in [0.1, 0.15) is 16.3 Å². The Hall–Kier alpha value is -3.78. The van der Waals surface area contributed by atoms with Crippen molar-refractivity contribution in [3.63, 3.8) is 0 Å². The number of benzene rings is 2. The third-order valence-electron chi connectivity index (χ3n) is 5.73. The molecule has 38 heavy (non-hydrogen) atoms. The van der Waals surface area contributed by atoms with Crippen molar-refractivity contribution in [2.75, 3.05) is 32.8 Å². The summed E-state index contributed by atoms with van der Waals surface area (Å²) in [6.07, 6.45) is 4.04. The molecular weight excluding hydrogens is 502 g/mol. The second-order valence-electron chi connectivity index (χ2n) is 8.95. The van der Waals surface area contributed by atoms with Gasteiger partial charge < -0.3 is 24.3 Å². The maximum atomic E-state index is 12.8. The van der Waals surface area contributed by atoms with E-state index in [1.165, 1.54) is 24.5 Å². The lowest BCUT2D eigenvalue weighted by Gasteiger charge is -2.12. The summed E-state index contributed by atoms with van der Waals surface area (Å²) in [5.41, 5.74) is 2.66. The molecule has 8 heteroatoms. The predicted octanol–water partition coefficient (Wildman–Crippen LogP) is 6.99. The Bertz CT molecular complexity index is 1280. The van der Waals surface area contributed by atoms with Gasteiger partial charge >= 0.3 is 5.97 Å². The fourth-order valence-electron chi connectivity index (χ4n) is 3.80. The van der Waals surface area contributed by atoms with Crippen LogP contribution in [0.3, 0.4) is 0 Å². The molecule has 1 N–H and O–H groups in total. The van der Waals surface area contributed by atoms with Crippen molar-refractivity contribution < 1.29 is 28.5 Å². The highest BCUT2D eigenvalue weighted by molar-refractivity contribution is 7.17. The van der Waals surface area contributed by atoms with Crippen LogP contribution in [0.15, 0.2) is 48.5 Å². The average Bonchev–Trinajstić information content (AvgIpc) is 3.23. The molecule has 0 saturated carbocycles. The summed E-state index contributed by atoms with van der Waals surface area (Å²) in [5.74, 6) is 1.66. The van der Waals surface area contributed by atoms with Crippen molar-refractivity contribution in [3.8, 4) is 28.4 Å². The van der Waals surface area contributed by atoms with Gasteiger partial charge in [-0.2, -0.15) is 0 Å². The summed E-state index contributed by atoms with van der Waals surface area (Å²) >= 11 is 1.33. The Balaban J connectivity index is 1.80. The van der Waals surface area contributed by atoms with Crippen molar-refractivity contribution in [1.82, 2.24) is 0 Å². The normalized spacial score (nSPS) is 11.0. The van der Waals surface area contributed by atoms with E-state index in [4.69, 9.17) is 18.9 Å². The Kier molecular flexibility index (Phi) is 10.4. The number of thiophene rings is 1. The first-order chi connectivity index (χ1) is 18.3. The second-order valence-corrected chi connectivity index (χ2v) is 10.2. The Morgan fingerprint density at radius 2 is 1.76 bits per heavy atom. The van der Waals surface area contributed by atoms with Gasteiger partial charge in [-0.3, -0.25) is 4.79 Å². The van der Waals surface area contributed by atoms with E-state index < -0.39 is 5.97 Å². The predicted molar refractivity (Wildman–Crippen MR) is 153 cm³/mol. The first-order valence-electron chi connectivity index (χ1n) is 12.5. The molecule has 0 atom stereocenters. The maximum absolute atomic E-state index is 12.8. The molecule has 0 fully saturated rings. The molecule has 7 nitrogen and oxygen atoms in total. The summed E-state index contributed by atoms with van der Waals surface area (Å²) in [5, 5.41) is 3.28. The third-order valence-corrected chi connectivity index (χ3v) is 6.75. The molecule has 3 aromatic rings. The second kappa shape index (κ2) is 13.7. The molecule has 0 aliphatic heterocycles. The van der Waals surface area contributed by atoms with Gasteiger partial charge in [-0.05, 0) is 67.7 Å². The number of rotatable bonds is 12. The molecule has 0 saturated heterocycles. The number of hydrogen-bond acceptors (Lipinski definition) is 7. The molecule has 0 aliphatic carbocycles. The van der Waals surface area contributed by atoms with E-state index in [1.54, 1.807) is 13.2 Å². The van der Waals surface area contributed by atoms with E-state index in [1.807, 2.05) is 56.3 Å². The first kappa shape index (κ1) is 28.8. The molecule has 202 valence electrons. The van der Waals surface area contributed by atoms with Crippen LogP contribution >= 0.6 is 11.3 Å². The average molecular weight is 538 g/mol. The molecule has 0 spiro atoms. The lowest BCUT2D eigenvalue weighted by atomic mass is 10.0. The number of amides is 1. The zero-order chi connectivity index (χ0) is 27.7. The standard InChI is InChI=1S/C30H35NO6S/c1-7-36-23-12-10-22(11-13-23)27-20(4)38-29(28(27)30(33)35-6)31-26(32)15-9-21-8-14-24(25(18-21)34-5)37-17-16-19(2)3/h8-15,18-19H,7,16-17H2,1-6H3,(H,31,32)/b15-9+. The SMILES string of the molecule is CCOc1ccc(-c2c(C)sc(NC(=O)/C=C/c3ccc(OCCC(C)C)c(OC)c3)c2C(=O)OC)cc1. The summed E-state index contributed by atoms with van der Waals surface area (Å²) in [7, 11) is 2.91. The van der Waals surface area contributed by atoms with Gasteiger partial charge in [-0.1, -0.05) is 32.0 Å². The molecule has 1 heterocycles. The quantitative estimate of drug-likeness (QED) is 0.198. The smallest absolute Gasteiger partial charge is 0.341 e. The van der Waals surface area contributed by atoms with Gasteiger partial charge in [0.2, 0.25) is 5.91 Å². The van der Waals surface area contributed by atoms with Crippen LogP contribution in [0.4, 0.5) is 5.00 Å². The maximum Gasteiger partial charge on any atom is 0.341 e. The van der Waals surface area contributed by atoms with E-state index in [-0.39, 0.29) is 5.91 Å². The molecule has 2 aromatic carbocycles. The van der Waals surface area contributed by atoms with E-state index in [0.29, 0.717) is 41.2 Å². The van der Waals surface area contributed by atoms with Crippen molar-refractivity contribution in [2.24, 2.45) is 5.92 Å². The number of ether oxygens (including phenoxy) is 4. The van der Waals surface area contributed by atoms with Crippen molar-refractivity contribution in [2.45, 2.75) is 34.1 Å². The first-order valence-corrected chi connectivity index (χ1v) is 13.3. The number of methoxy groups -OCH3 is 2. The Labute approximate surface area is 228 Å². The molecular formula is C30H35NO6S. The minimum absolute atomic E-state index is 0.325. The molecule has 0 aliphatic rings. The fourth-order valence-corrected chi connectivity index (χ4v) is 4.87. The van der Waals surface area contributed by atoms with Crippen molar-refractivity contribution in [3.05, 3.63) is 64.5 Å². The number of nitrogens with one attached hydrogen (secondary N) is 1. The van der Waals surface area contributed by atoms with Crippen LogP contribution in [0, 0.1) is 12.8 Å². The Morgan fingerprint density at radius 3 is 2.39 bits per heavy atom. The van der Waals surface area contributed by atoms with Gasteiger partial charge in [0.25, 0.3) is 0 Å². The minimum Gasteiger partial charge on any atom is -0.494 e. The van der Waals surface area contributed by atoms with E-state index in [0.717, 1.165) is 33.7 Å². The number of aryl methyl sites for hydroxylation is 1. The highest BCUT2D eigenvalue weighted by atomic mass is 32.1. The zero-order valence-corrected chi connectivity index (χ0v) is 23.6. The van der Waals surface area contributed by atoms with Gasteiger partial charge in [0.15, 0.2) is 11.5 Å². The van der Waals surface area contributed by atoms with Gasteiger partial charge in [-0.15, -0.1) is 11.3 Å². The number of carbonyl (C=O) groups is 2. The summed E-state index contributed by atoms with van der Waals surface area (Å²) in [6, 6.07) is 13.0. The van der Waals surface area contributed by atoms with Gasteiger partial charge in [0, 0.05) is 16.5 Å². The van der Waals surface area contributed by atoms with Crippen LogP contribution in [-0.4, -0.2) is 39.3 Å². The van der Waals surface area contributed by atoms with Crippen LogP contribution in [0.5, 0.6) is 17.2 Å². The molecule has 0 unspecified atom stereocenters. The van der Waals surface area contributed by atoms with E-state index in [9.17, 15) is 9.59 Å². The highest BCUT2D eigenvalue weighted by Gasteiger charge is 2.25. The van der Waals surface area contributed by atoms with Gasteiger partial charge in [-0.25, -0.2) is 4.79 Å². The summed E-state index contributed by atoms with van der Waals surface area (Å²) in [4.78, 5) is 26.5. The summed E-state index contributed by atoms with van der Waals surface area (Å²) in [6.45, 7) is 9.29. The molecule has 0 radical (unpaired) electrons. The third kappa shape index (κ3) is 7.38. The van der Waals surface area contributed by atoms with Gasteiger partial charge in [0.05, 0.1) is 27.4 Å². The highest BCUT2D eigenvalue weighted by Crippen LogP contribution is 2.41. The summed E-state index contributed by atoms with van der Waals surface area (Å²) < 4.78 is 21.9. The number of esters is 1. The van der Waals surface area contributed by atoms with Crippen LogP contribution < -0.4 is 19.5 Å². The Morgan fingerprint density at radius 1 is 1.03 bits per heavy atom. The van der Waals surface area contributed by atoms with Crippen molar-refractivity contribution in [1.29, 1.82) is 0 Å². The minimum atomic E-state index is -0.518. The van der Waals surface area contributed by atoms with E-state index >= 15 is 0 Å². The van der Waals surface area contributed by atoms with E-state index in [2.05, 4.69) is 19.2 Å². The fraction of sp³-hybridized carbons (Fsp3) is 0.333. The number of carbonyl (C=O) groups excluding carboxylic acids is 2.